The van der Waals surface area contributed by atoms with Gasteiger partial charge in [0.25, 0.3) is 0 Å². The van der Waals surface area contributed by atoms with Crippen molar-refractivity contribution in [2.24, 2.45) is 0 Å². The van der Waals surface area contributed by atoms with Crippen molar-refractivity contribution in [2.75, 3.05) is 0 Å². The minimum atomic E-state index is -0.446. The van der Waals surface area contributed by atoms with Gasteiger partial charge in [-0.2, -0.15) is 0 Å². The van der Waals surface area contributed by atoms with Gasteiger partial charge in [-0.05, 0) is 58.8 Å². The third-order valence-corrected chi connectivity index (χ3v) is 13.0. The fourth-order valence-electron chi connectivity index (χ4n) is 5.68. The van der Waals surface area contributed by atoms with Crippen LogP contribution in [0, 0.1) is 0 Å². The molecule has 0 saturated carbocycles. The van der Waals surface area contributed by atoms with Gasteiger partial charge in [0.1, 0.15) is 0 Å². The summed E-state index contributed by atoms with van der Waals surface area (Å²) in [5, 5.41) is 8.39. The van der Waals surface area contributed by atoms with Crippen molar-refractivity contribution in [3.8, 4) is 0 Å². The van der Waals surface area contributed by atoms with Crippen molar-refractivity contribution in [1.29, 1.82) is 0 Å². The van der Waals surface area contributed by atoms with Crippen LogP contribution in [-0.4, -0.2) is 0 Å². The maximum atomic E-state index is 2.23. The zero-order valence-electron chi connectivity index (χ0n) is 29.5. The zero-order valence-corrected chi connectivity index (χ0v) is 33.5. The Labute approximate surface area is 332 Å². The van der Waals surface area contributed by atoms with E-state index in [4.69, 9.17) is 0 Å². The molecule has 0 aromatic heterocycles. The molecule has 262 valence electrons. The summed E-state index contributed by atoms with van der Waals surface area (Å²) in [4.78, 5) is 0. The molecule has 0 N–H and O–H groups in total. The normalized spacial score (nSPS) is 10.4. The molecule has 0 aliphatic carbocycles. The molecule has 8 rings (SSSR count). The first kappa shape index (κ1) is 39.3. The van der Waals surface area contributed by atoms with Gasteiger partial charge in [-0.1, -0.05) is 255 Å². The van der Waals surface area contributed by atoms with Crippen LogP contribution in [0.5, 0.6) is 0 Å². The summed E-state index contributed by atoms with van der Waals surface area (Å²) < 4.78 is 0. The van der Waals surface area contributed by atoms with Crippen LogP contribution in [0.15, 0.2) is 243 Å². The van der Waals surface area contributed by atoms with Crippen molar-refractivity contribution < 1.29 is 21.1 Å². The van der Waals surface area contributed by atoms with E-state index in [0.29, 0.717) is 0 Å². The molecule has 53 heavy (non-hydrogen) atoms. The molecule has 8 aromatic carbocycles. The second kappa shape index (κ2) is 22.2. The van der Waals surface area contributed by atoms with Gasteiger partial charge in [0.05, 0.1) is 0 Å². The number of hydrogen-bond acceptors (Lipinski definition) is 0. The molecule has 0 atom stereocenters. The molecule has 0 fully saturated rings. The quantitative estimate of drug-likeness (QED) is 0.105. The molecule has 0 radical (unpaired) electrons. The second-order valence-corrected chi connectivity index (χ2v) is 16.3. The molecule has 3 heteroatoms. The maximum Gasteiger partial charge on any atom is 0 e. The first-order valence-corrected chi connectivity index (χ1v) is 20.2. The van der Waals surface area contributed by atoms with E-state index in [2.05, 4.69) is 218 Å². The van der Waals surface area contributed by atoms with Gasteiger partial charge in [-0.3, -0.25) is 0 Å². The van der Waals surface area contributed by atoms with E-state index in [1.807, 2.05) is 36.4 Å². The van der Waals surface area contributed by atoms with Crippen LogP contribution in [0.1, 0.15) is 11.1 Å². The van der Waals surface area contributed by atoms with E-state index in [1.165, 1.54) is 43.0 Å². The molecule has 0 aliphatic heterocycles. The minimum absolute atomic E-state index is 0. The summed E-state index contributed by atoms with van der Waals surface area (Å²) in [5.74, 6) is 0. The monoisotopic (exact) mass is 899 g/mol. The fraction of sp³-hybridized carbons (Fsp3) is 0. The maximum absolute atomic E-state index is 2.23. The Balaban J connectivity index is 0.000000154. The van der Waals surface area contributed by atoms with Gasteiger partial charge in [0.15, 0.2) is 0 Å². The summed E-state index contributed by atoms with van der Waals surface area (Å²) in [7, 11) is -0.892. The minimum Gasteiger partial charge on any atom is -0.0622 e. The van der Waals surface area contributed by atoms with Crippen molar-refractivity contribution in [3.63, 3.8) is 0 Å². The molecule has 0 bridgehead atoms. The van der Waals surface area contributed by atoms with Gasteiger partial charge in [0.2, 0.25) is 0 Å². The molecular formula is C50H42P2Pt. The van der Waals surface area contributed by atoms with E-state index in [0.717, 1.165) is 0 Å². The summed E-state index contributed by atoms with van der Waals surface area (Å²) in [6.45, 7) is 0. The van der Waals surface area contributed by atoms with Crippen LogP contribution in [0.25, 0.3) is 12.2 Å². The van der Waals surface area contributed by atoms with Gasteiger partial charge >= 0.3 is 0 Å². The van der Waals surface area contributed by atoms with Crippen LogP contribution in [0.2, 0.25) is 0 Å². The predicted octanol–water partition coefficient (Wildman–Crippen LogP) is 10.7. The third kappa shape index (κ3) is 12.3. The molecule has 0 unspecified atom stereocenters. The summed E-state index contributed by atoms with van der Waals surface area (Å²) in [5.41, 5.74) is 2.47. The van der Waals surface area contributed by atoms with E-state index < -0.39 is 15.8 Å². The molecule has 8 aromatic rings. The SMILES string of the molecule is C(=Cc1ccccc1)c1ccccc1.[Pt].c1ccc(P(c2ccccc2)c2ccccc2)cc1.c1ccc(P(c2ccccc2)c2ccccc2)cc1. The molecule has 0 heterocycles. The van der Waals surface area contributed by atoms with Crippen LogP contribution in [0.4, 0.5) is 0 Å². The molecule has 0 nitrogen and oxygen atoms in total. The smallest absolute Gasteiger partial charge is 0 e. The average molecular weight is 900 g/mol. The van der Waals surface area contributed by atoms with Crippen molar-refractivity contribution in [3.05, 3.63) is 254 Å². The Morgan fingerprint density at radius 3 is 0.528 bits per heavy atom. The van der Waals surface area contributed by atoms with Gasteiger partial charge in [-0.15, -0.1) is 0 Å². The molecule has 0 aliphatic rings. The molecular weight excluding hydrogens is 858 g/mol. The van der Waals surface area contributed by atoms with Crippen LogP contribution >= 0.6 is 15.8 Å². The molecule has 0 spiro atoms. The summed E-state index contributed by atoms with van der Waals surface area (Å²) >= 11 is 0. The van der Waals surface area contributed by atoms with Crippen molar-refractivity contribution >= 4 is 59.8 Å². The largest absolute Gasteiger partial charge is 0.0622 e. The van der Waals surface area contributed by atoms with E-state index in [1.54, 1.807) is 0 Å². The molecule has 0 amide bonds. The Kier molecular flexibility index (Phi) is 16.4. The Hall–Kier alpha value is -4.95. The zero-order chi connectivity index (χ0) is 35.5. The first-order chi connectivity index (χ1) is 25.8. The standard InChI is InChI=1S/2C18H15P.C14H12.Pt/c2*1-4-10-16(11-5-1)19(17-12-6-2-7-13-17)18-14-8-3-9-15-18;1-3-7-13(8-4-1)11-12-14-9-5-2-6-10-14;/h2*1-15H;1-12H;. The Morgan fingerprint density at radius 1 is 0.208 bits per heavy atom. The summed E-state index contributed by atoms with van der Waals surface area (Å²) in [6.07, 6.45) is 4.24. The van der Waals surface area contributed by atoms with Crippen molar-refractivity contribution in [1.82, 2.24) is 0 Å². The van der Waals surface area contributed by atoms with Gasteiger partial charge in [-0.25, -0.2) is 0 Å². The van der Waals surface area contributed by atoms with E-state index in [-0.39, 0.29) is 21.1 Å². The Bertz CT molecular complexity index is 1800. The topological polar surface area (TPSA) is 0 Å². The fourth-order valence-corrected chi connectivity index (χ4v) is 10.3. The Morgan fingerprint density at radius 2 is 0.358 bits per heavy atom. The van der Waals surface area contributed by atoms with Gasteiger partial charge < -0.3 is 0 Å². The van der Waals surface area contributed by atoms with Crippen LogP contribution in [0.3, 0.4) is 0 Å². The van der Waals surface area contributed by atoms with Gasteiger partial charge in [0, 0.05) is 21.1 Å². The number of hydrogen-bond donors (Lipinski definition) is 0. The van der Waals surface area contributed by atoms with Crippen LogP contribution < -0.4 is 31.8 Å². The number of benzene rings is 8. The predicted molar refractivity (Wildman–Crippen MR) is 232 cm³/mol. The van der Waals surface area contributed by atoms with E-state index in [9.17, 15) is 0 Å². The number of rotatable bonds is 8. The first-order valence-electron chi connectivity index (χ1n) is 17.5. The van der Waals surface area contributed by atoms with Crippen molar-refractivity contribution in [2.45, 2.75) is 0 Å². The average Bonchev–Trinajstić information content (AvgIpc) is 3.24. The van der Waals surface area contributed by atoms with E-state index >= 15 is 0 Å². The third-order valence-electron chi connectivity index (χ3n) is 8.15. The summed E-state index contributed by atoms with van der Waals surface area (Å²) in [6, 6.07) is 85.3. The molecule has 0 saturated heterocycles. The van der Waals surface area contributed by atoms with Crippen LogP contribution in [-0.2, 0) is 21.1 Å². The second-order valence-electron chi connectivity index (χ2n) is 11.8.